The van der Waals surface area contributed by atoms with Crippen LogP contribution in [-0.2, 0) is 0 Å². The van der Waals surface area contributed by atoms with Crippen molar-refractivity contribution in [1.82, 2.24) is 0 Å². The Kier molecular flexibility index (Phi) is 6.12. The molecule has 5 heteroatoms. The van der Waals surface area contributed by atoms with E-state index in [9.17, 15) is 0 Å². The summed E-state index contributed by atoms with van der Waals surface area (Å²) >= 11 is 21.9. The lowest BCUT2D eigenvalue weighted by atomic mass is 10.1. The number of rotatable bonds is 5. The molecule has 16 heavy (non-hydrogen) atoms. The molecule has 90 valence electrons. The molecule has 1 unspecified atom stereocenters. The standard InChI is InChI=1S/C11H13Cl3OS/c1-2-7(6-16)5-15-11-4-9(13)8(12)3-10(11)14/h3-4,7,16H,2,5-6H2,1H3. The molecule has 1 aromatic rings. The van der Waals surface area contributed by atoms with Gasteiger partial charge in [-0.1, -0.05) is 41.7 Å². The SMILES string of the molecule is CCC(CS)COc1cc(Cl)c(Cl)cc1Cl. The van der Waals surface area contributed by atoms with Gasteiger partial charge in [-0.05, 0) is 18.2 Å². The normalized spacial score (nSPS) is 12.6. The third kappa shape index (κ3) is 3.92. The van der Waals surface area contributed by atoms with Gasteiger partial charge in [-0.15, -0.1) is 0 Å². The summed E-state index contributed by atoms with van der Waals surface area (Å²) in [4.78, 5) is 0. The maximum absolute atomic E-state index is 5.98. The molecule has 1 atom stereocenters. The molecular weight excluding hydrogens is 287 g/mol. The highest BCUT2D eigenvalue weighted by Crippen LogP contribution is 2.34. The summed E-state index contributed by atoms with van der Waals surface area (Å²) in [7, 11) is 0. The average Bonchev–Trinajstić information content (AvgIpc) is 2.26. The minimum atomic E-state index is 0.411. The van der Waals surface area contributed by atoms with Crippen molar-refractivity contribution in [2.75, 3.05) is 12.4 Å². The van der Waals surface area contributed by atoms with E-state index in [-0.39, 0.29) is 0 Å². The van der Waals surface area contributed by atoms with Crippen molar-refractivity contribution >= 4 is 47.4 Å². The van der Waals surface area contributed by atoms with Gasteiger partial charge < -0.3 is 4.74 Å². The molecule has 0 heterocycles. The van der Waals surface area contributed by atoms with Gasteiger partial charge in [0.05, 0.1) is 21.7 Å². The second kappa shape index (κ2) is 6.85. The molecule has 0 aliphatic rings. The molecule has 0 bridgehead atoms. The predicted molar refractivity (Wildman–Crippen MR) is 74.6 cm³/mol. The van der Waals surface area contributed by atoms with Crippen LogP contribution in [0.2, 0.25) is 15.1 Å². The van der Waals surface area contributed by atoms with Gasteiger partial charge in [0.15, 0.2) is 0 Å². The number of ether oxygens (including phenoxy) is 1. The van der Waals surface area contributed by atoms with Crippen molar-refractivity contribution < 1.29 is 4.74 Å². The largest absolute Gasteiger partial charge is 0.492 e. The second-order valence-electron chi connectivity index (χ2n) is 3.46. The zero-order valence-electron chi connectivity index (χ0n) is 8.84. The van der Waals surface area contributed by atoms with Crippen LogP contribution in [0.3, 0.4) is 0 Å². The lowest BCUT2D eigenvalue weighted by Gasteiger charge is -2.14. The maximum Gasteiger partial charge on any atom is 0.139 e. The molecule has 0 radical (unpaired) electrons. The van der Waals surface area contributed by atoms with Gasteiger partial charge >= 0.3 is 0 Å². The monoisotopic (exact) mass is 298 g/mol. The number of hydrogen-bond donors (Lipinski definition) is 1. The van der Waals surface area contributed by atoms with Gasteiger partial charge in [0, 0.05) is 12.0 Å². The fourth-order valence-corrected chi connectivity index (χ4v) is 2.08. The van der Waals surface area contributed by atoms with Gasteiger partial charge in [0.25, 0.3) is 0 Å². The lowest BCUT2D eigenvalue weighted by molar-refractivity contribution is 0.260. The zero-order valence-corrected chi connectivity index (χ0v) is 12.0. The van der Waals surface area contributed by atoms with E-state index in [0.717, 1.165) is 12.2 Å². The fraction of sp³-hybridized carbons (Fsp3) is 0.455. The minimum Gasteiger partial charge on any atom is -0.492 e. The third-order valence-electron chi connectivity index (χ3n) is 2.28. The quantitative estimate of drug-likeness (QED) is 0.596. The topological polar surface area (TPSA) is 9.23 Å². The van der Waals surface area contributed by atoms with E-state index < -0.39 is 0 Å². The molecule has 0 saturated carbocycles. The molecule has 0 fully saturated rings. The van der Waals surface area contributed by atoms with Crippen LogP contribution in [0.4, 0.5) is 0 Å². The lowest BCUT2D eigenvalue weighted by Crippen LogP contribution is -2.12. The van der Waals surface area contributed by atoms with Crippen LogP contribution in [0.25, 0.3) is 0 Å². The Morgan fingerprint density at radius 3 is 2.38 bits per heavy atom. The Balaban J connectivity index is 2.70. The molecule has 0 aromatic heterocycles. The number of halogens is 3. The number of hydrogen-bond acceptors (Lipinski definition) is 2. The fourth-order valence-electron chi connectivity index (χ4n) is 1.12. The molecule has 0 aliphatic heterocycles. The highest BCUT2D eigenvalue weighted by molar-refractivity contribution is 7.80. The first-order valence-corrected chi connectivity index (χ1v) is 6.73. The molecule has 0 saturated heterocycles. The summed E-state index contributed by atoms with van der Waals surface area (Å²) in [5.41, 5.74) is 0. The molecule has 1 rings (SSSR count). The van der Waals surface area contributed by atoms with Crippen LogP contribution >= 0.6 is 47.4 Å². The van der Waals surface area contributed by atoms with Gasteiger partial charge in [0.1, 0.15) is 5.75 Å². The van der Waals surface area contributed by atoms with E-state index in [2.05, 4.69) is 19.6 Å². The highest BCUT2D eigenvalue weighted by Gasteiger charge is 2.10. The van der Waals surface area contributed by atoms with Gasteiger partial charge in [-0.25, -0.2) is 0 Å². The van der Waals surface area contributed by atoms with Crippen LogP contribution in [0.15, 0.2) is 12.1 Å². The Morgan fingerprint density at radius 1 is 1.19 bits per heavy atom. The second-order valence-corrected chi connectivity index (χ2v) is 5.05. The van der Waals surface area contributed by atoms with Crippen LogP contribution in [0.5, 0.6) is 5.75 Å². The molecule has 1 nitrogen and oxygen atoms in total. The number of benzene rings is 1. The summed E-state index contributed by atoms with van der Waals surface area (Å²) in [6.45, 7) is 2.68. The van der Waals surface area contributed by atoms with Crippen molar-refractivity contribution in [3.8, 4) is 5.75 Å². The molecule has 0 amide bonds. The minimum absolute atomic E-state index is 0.411. The molecule has 0 aliphatic carbocycles. The molecule has 0 spiro atoms. The summed E-state index contributed by atoms with van der Waals surface area (Å²) in [6, 6.07) is 3.22. The Labute approximate surface area is 116 Å². The van der Waals surface area contributed by atoms with Crippen molar-refractivity contribution in [2.24, 2.45) is 5.92 Å². The summed E-state index contributed by atoms with van der Waals surface area (Å²) < 4.78 is 5.59. The molecular formula is C11H13Cl3OS. The van der Waals surface area contributed by atoms with Gasteiger partial charge in [-0.3, -0.25) is 0 Å². The van der Waals surface area contributed by atoms with Crippen molar-refractivity contribution in [2.45, 2.75) is 13.3 Å². The Bertz CT molecular complexity index is 353. The van der Waals surface area contributed by atoms with Crippen LogP contribution in [0, 0.1) is 5.92 Å². The van der Waals surface area contributed by atoms with E-state index >= 15 is 0 Å². The van der Waals surface area contributed by atoms with E-state index in [4.69, 9.17) is 39.5 Å². The summed E-state index contributed by atoms with van der Waals surface area (Å²) in [5, 5.41) is 1.35. The molecule has 1 aromatic carbocycles. The Morgan fingerprint density at radius 2 is 1.81 bits per heavy atom. The summed E-state index contributed by atoms with van der Waals surface area (Å²) in [6.07, 6.45) is 1.02. The predicted octanol–water partition coefficient (Wildman–Crippen LogP) is 4.98. The smallest absolute Gasteiger partial charge is 0.139 e. The highest BCUT2D eigenvalue weighted by atomic mass is 35.5. The van der Waals surface area contributed by atoms with Crippen molar-refractivity contribution in [3.63, 3.8) is 0 Å². The van der Waals surface area contributed by atoms with E-state index in [1.807, 2.05) is 0 Å². The Hall–Kier alpha value is 0.240. The van der Waals surface area contributed by atoms with E-state index in [1.54, 1.807) is 12.1 Å². The van der Waals surface area contributed by atoms with E-state index in [0.29, 0.717) is 33.3 Å². The maximum atomic E-state index is 5.98. The average molecular weight is 300 g/mol. The summed E-state index contributed by atoms with van der Waals surface area (Å²) in [5.74, 6) is 1.76. The first-order chi connectivity index (χ1) is 7.58. The molecule has 0 N–H and O–H groups in total. The number of thiol groups is 1. The van der Waals surface area contributed by atoms with Gasteiger partial charge in [-0.2, -0.15) is 12.6 Å². The van der Waals surface area contributed by atoms with Crippen molar-refractivity contribution in [3.05, 3.63) is 27.2 Å². The van der Waals surface area contributed by atoms with Crippen LogP contribution < -0.4 is 4.74 Å². The van der Waals surface area contributed by atoms with Crippen molar-refractivity contribution in [1.29, 1.82) is 0 Å². The first kappa shape index (κ1) is 14.3. The zero-order chi connectivity index (χ0) is 12.1. The van der Waals surface area contributed by atoms with E-state index in [1.165, 1.54) is 0 Å². The van der Waals surface area contributed by atoms with Gasteiger partial charge in [0.2, 0.25) is 0 Å². The van der Waals surface area contributed by atoms with Crippen LogP contribution in [-0.4, -0.2) is 12.4 Å². The third-order valence-corrected chi connectivity index (χ3v) is 3.82. The first-order valence-electron chi connectivity index (χ1n) is 4.96. The van der Waals surface area contributed by atoms with Crippen LogP contribution in [0.1, 0.15) is 13.3 Å².